The van der Waals surface area contributed by atoms with Crippen molar-refractivity contribution in [3.63, 3.8) is 0 Å². The lowest BCUT2D eigenvalue weighted by molar-refractivity contribution is 0.616. The summed E-state index contributed by atoms with van der Waals surface area (Å²) in [5.74, 6) is 0. The number of hydrogen-bond donors (Lipinski definition) is 0. The molecule has 0 aliphatic rings. The number of benzene rings is 6. The smallest absolute Gasteiger partial charge is 0.135 e. The Morgan fingerprint density at radius 2 is 1.03 bits per heavy atom. The van der Waals surface area contributed by atoms with E-state index in [1.807, 2.05) is 17.6 Å². The Bertz CT molecular complexity index is 2040. The zero-order chi connectivity index (χ0) is 23.6. The molecule has 2 heterocycles. The van der Waals surface area contributed by atoms with Gasteiger partial charge in [-0.25, -0.2) is 0 Å². The maximum atomic E-state index is 6.03. The zero-order valence-electron chi connectivity index (χ0n) is 19.4. The third-order valence-electron chi connectivity index (χ3n) is 7.34. The van der Waals surface area contributed by atoms with Crippen LogP contribution in [0.3, 0.4) is 0 Å². The Labute approximate surface area is 211 Å². The Balaban J connectivity index is 1.64. The van der Waals surface area contributed by atoms with Crippen LogP contribution in [0, 0.1) is 0 Å². The summed E-state index contributed by atoms with van der Waals surface area (Å²) in [4.78, 5) is 0. The van der Waals surface area contributed by atoms with Gasteiger partial charge in [-0.15, -0.1) is 11.3 Å². The molecule has 0 unspecified atom stereocenters. The molecule has 0 spiro atoms. The molecular weight excluding hydrogens is 456 g/mol. The van der Waals surface area contributed by atoms with E-state index < -0.39 is 0 Å². The van der Waals surface area contributed by atoms with Crippen molar-refractivity contribution in [2.45, 2.75) is 0 Å². The van der Waals surface area contributed by atoms with E-state index in [9.17, 15) is 0 Å². The first-order chi connectivity index (χ1) is 17.9. The number of fused-ring (bicyclic) bond motifs is 6. The highest BCUT2D eigenvalue weighted by atomic mass is 32.1. The van der Waals surface area contributed by atoms with Crippen molar-refractivity contribution in [3.05, 3.63) is 122 Å². The largest absolute Gasteiger partial charge is 0.464 e. The molecule has 0 fully saturated rings. The molecule has 2 heteroatoms. The van der Waals surface area contributed by atoms with Gasteiger partial charge in [-0.2, -0.15) is 0 Å². The monoisotopic (exact) mass is 476 g/mol. The molecule has 0 amide bonds. The maximum absolute atomic E-state index is 6.03. The fraction of sp³-hybridized carbons (Fsp3) is 0. The molecule has 1 nitrogen and oxygen atoms in total. The van der Waals surface area contributed by atoms with E-state index in [2.05, 4.69) is 115 Å². The average Bonchev–Trinajstić information content (AvgIpc) is 3.56. The summed E-state index contributed by atoms with van der Waals surface area (Å²) in [6.07, 6.45) is 1.82. The molecule has 0 saturated carbocycles. The van der Waals surface area contributed by atoms with E-state index in [-0.39, 0.29) is 0 Å². The summed E-state index contributed by atoms with van der Waals surface area (Å²) in [5, 5.41) is 8.78. The third kappa shape index (κ3) is 2.71. The highest BCUT2D eigenvalue weighted by molar-refractivity contribution is 7.26. The summed E-state index contributed by atoms with van der Waals surface area (Å²) in [7, 11) is 0. The van der Waals surface area contributed by atoms with Crippen molar-refractivity contribution in [3.8, 4) is 22.3 Å². The Kier molecular flexibility index (Phi) is 4.16. The highest BCUT2D eigenvalue weighted by Crippen LogP contribution is 2.50. The van der Waals surface area contributed by atoms with Crippen LogP contribution in [0.2, 0.25) is 0 Å². The van der Waals surface area contributed by atoms with Gasteiger partial charge in [0.2, 0.25) is 0 Å². The summed E-state index contributed by atoms with van der Waals surface area (Å²) < 4.78 is 8.64. The molecule has 0 saturated heterocycles. The number of rotatable bonds is 2. The van der Waals surface area contributed by atoms with Crippen LogP contribution in [0.15, 0.2) is 126 Å². The standard InChI is InChI=1S/C34H20OS/c1-2-10-21(11-3-1)31-23-13-4-6-15-25(23)32(26-16-7-5-14-24(26)31)33-27-18-19-35-29(27)20-28-22-12-8-9-17-30(22)36-34(28)33/h1-20H. The van der Waals surface area contributed by atoms with E-state index >= 15 is 0 Å². The molecule has 0 radical (unpaired) electrons. The van der Waals surface area contributed by atoms with E-state index in [0.717, 1.165) is 11.0 Å². The predicted molar refractivity (Wildman–Crippen MR) is 155 cm³/mol. The van der Waals surface area contributed by atoms with Crippen LogP contribution in [0.4, 0.5) is 0 Å². The van der Waals surface area contributed by atoms with Gasteiger partial charge in [0.15, 0.2) is 0 Å². The predicted octanol–water partition coefficient (Wildman–Crippen LogP) is 10.4. The second-order valence-electron chi connectivity index (χ2n) is 9.27. The second-order valence-corrected chi connectivity index (χ2v) is 10.3. The van der Waals surface area contributed by atoms with Gasteiger partial charge in [0.05, 0.1) is 6.26 Å². The van der Waals surface area contributed by atoms with Gasteiger partial charge >= 0.3 is 0 Å². The molecule has 0 atom stereocenters. The van der Waals surface area contributed by atoms with Crippen molar-refractivity contribution in [1.82, 2.24) is 0 Å². The Morgan fingerprint density at radius 1 is 0.444 bits per heavy atom. The van der Waals surface area contributed by atoms with Crippen molar-refractivity contribution >= 4 is 64.0 Å². The van der Waals surface area contributed by atoms with Crippen molar-refractivity contribution in [2.24, 2.45) is 0 Å². The third-order valence-corrected chi connectivity index (χ3v) is 8.55. The van der Waals surface area contributed by atoms with Crippen LogP contribution in [-0.4, -0.2) is 0 Å². The first-order valence-electron chi connectivity index (χ1n) is 12.2. The summed E-state index contributed by atoms with van der Waals surface area (Å²) in [5.41, 5.74) is 6.01. The van der Waals surface area contributed by atoms with Gasteiger partial charge in [0.25, 0.3) is 0 Å². The molecule has 0 aliphatic heterocycles. The minimum absolute atomic E-state index is 0.932. The van der Waals surface area contributed by atoms with Gasteiger partial charge in [-0.05, 0) is 56.4 Å². The minimum Gasteiger partial charge on any atom is -0.464 e. The van der Waals surface area contributed by atoms with E-state index in [1.54, 1.807) is 0 Å². The van der Waals surface area contributed by atoms with E-state index in [0.29, 0.717) is 0 Å². The quantitative estimate of drug-likeness (QED) is 0.226. The summed E-state index contributed by atoms with van der Waals surface area (Å²) in [6, 6.07) is 41.5. The Morgan fingerprint density at radius 3 is 1.72 bits per heavy atom. The first kappa shape index (κ1) is 19.9. The van der Waals surface area contributed by atoms with Crippen LogP contribution in [0.1, 0.15) is 0 Å². The van der Waals surface area contributed by atoms with E-state index in [4.69, 9.17) is 4.42 Å². The second kappa shape index (κ2) is 7.55. The van der Waals surface area contributed by atoms with Crippen LogP contribution in [0.5, 0.6) is 0 Å². The molecule has 2 aromatic heterocycles. The number of furan rings is 1. The highest BCUT2D eigenvalue weighted by Gasteiger charge is 2.22. The lowest BCUT2D eigenvalue weighted by Crippen LogP contribution is -1.91. The lowest BCUT2D eigenvalue weighted by atomic mass is 9.85. The van der Waals surface area contributed by atoms with Crippen molar-refractivity contribution in [2.75, 3.05) is 0 Å². The van der Waals surface area contributed by atoms with Gasteiger partial charge in [0, 0.05) is 31.1 Å². The van der Waals surface area contributed by atoms with Crippen molar-refractivity contribution < 1.29 is 4.42 Å². The summed E-state index contributed by atoms with van der Waals surface area (Å²) in [6.45, 7) is 0. The van der Waals surface area contributed by atoms with Gasteiger partial charge < -0.3 is 4.42 Å². The fourth-order valence-corrected chi connectivity index (χ4v) is 7.10. The van der Waals surface area contributed by atoms with Gasteiger partial charge in [-0.1, -0.05) is 97.1 Å². The molecule has 0 aliphatic carbocycles. The van der Waals surface area contributed by atoms with Crippen LogP contribution in [-0.2, 0) is 0 Å². The molecule has 8 rings (SSSR count). The van der Waals surface area contributed by atoms with Gasteiger partial charge in [0.1, 0.15) is 5.58 Å². The summed E-state index contributed by atoms with van der Waals surface area (Å²) >= 11 is 1.88. The first-order valence-corrected chi connectivity index (χ1v) is 13.0. The van der Waals surface area contributed by atoms with Crippen LogP contribution in [0.25, 0.3) is 74.9 Å². The number of hydrogen-bond acceptors (Lipinski definition) is 2. The van der Waals surface area contributed by atoms with Crippen LogP contribution >= 0.6 is 11.3 Å². The molecule has 36 heavy (non-hydrogen) atoms. The molecule has 168 valence electrons. The average molecular weight is 477 g/mol. The van der Waals surface area contributed by atoms with Gasteiger partial charge in [-0.3, -0.25) is 0 Å². The van der Waals surface area contributed by atoms with Crippen molar-refractivity contribution in [1.29, 1.82) is 0 Å². The number of thiophene rings is 1. The molecule has 0 bridgehead atoms. The van der Waals surface area contributed by atoms with E-state index in [1.165, 1.54) is 64.0 Å². The zero-order valence-corrected chi connectivity index (χ0v) is 20.2. The fourth-order valence-electron chi connectivity index (χ4n) is 5.85. The Hall–Kier alpha value is -4.40. The normalized spacial score (nSPS) is 11.9. The van der Waals surface area contributed by atoms with Crippen LogP contribution < -0.4 is 0 Å². The molecule has 0 N–H and O–H groups in total. The molecule has 8 aromatic rings. The SMILES string of the molecule is c1ccc(-c2c3ccccc3c(-c3c4ccoc4cc4c3sc3ccccc34)c3ccccc23)cc1. The maximum Gasteiger partial charge on any atom is 0.135 e. The minimum atomic E-state index is 0.932. The lowest BCUT2D eigenvalue weighted by Gasteiger charge is -2.18. The molecule has 6 aromatic carbocycles. The topological polar surface area (TPSA) is 13.1 Å². The molecular formula is C34H20OS.